The van der Waals surface area contributed by atoms with Crippen LogP contribution in [0.4, 0.5) is 5.82 Å². The zero-order valence-corrected chi connectivity index (χ0v) is 14.7. The van der Waals surface area contributed by atoms with Crippen molar-refractivity contribution in [2.75, 3.05) is 32.6 Å². The Morgan fingerprint density at radius 2 is 2.00 bits per heavy atom. The summed E-state index contributed by atoms with van der Waals surface area (Å²) in [5.74, 6) is 0.756. The Balaban J connectivity index is 1.95. The van der Waals surface area contributed by atoms with Crippen LogP contribution in [-0.2, 0) is 6.54 Å². The molecule has 0 radical (unpaired) electrons. The number of pyridine rings is 1. The van der Waals surface area contributed by atoms with Gasteiger partial charge in [-0.3, -0.25) is 4.57 Å². The Morgan fingerprint density at radius 3 is 2.65 bits per heavy atom. The van der Waals surface area contributed by atoms with Gasteiger partial charge in [-0.15, -0.1) is 0 Å². The summed E-state index contributed by atoms with van der Waals surface area (Å²) in [5.41, 5.74) is 13.3. The number of nitrogen functional groups attached to an aromatic ring is 1. The van der Waals surface area contributed by atoms with Crippen LogP contribution in [0.15, 0.2) is 18.3 Å². The summed E-state index contributed by atoms with van der Waals surface area (Å²) in [7, 11) is 1.53. The van der Waals surface area contributed by atoms with E-state index in [0.717, 1.165) is 5.56 Å². The molecule has 0 unspecified atom stereocenters. The van der Waals surface area contributed by atoms with Gasteiger partial charge < -0.3 is 25.7 Å². The Bertz CT molecular complexity index is 880. The SMILES string of the molecule is CCOc1nc(N)c2nc(OC)n(Cc3ccc(OCCN)nc3)c2n1. The molecule has 0 saturated carbocycles. The molecule has 3 rings (SSSR count). The Hall–Kier alpha value is -3.14. The molecule has 4 N–H and O–H groups in total. The lowest BCUT2D eigenvalue weighted by atomic mass is 10.3. The van der Waals surface area contributed by atoms with Crippen molar-refractivity contribution < 1.29 is 14.2 Å². The molecule has 0 atom stereocenters. The first-order valence-electron chi connectivity index (χ1n) is 8.14. The van der Waals surface area contributed by atoms with Gasteiger partial charge in [-0.25, -0.2) is 4.98 Å². The minimum Gasteiger partial charge on any atom is -0.476 e. The first-order chi connectivity index (χ1) is 12.7. The lowest BCUT2D eigenvalue weighted by Crippen LogP contribution is -2.11. The molecular formula is C16H21N7O3. The molecule has 0 aliphatic carbocycles. The fourth-order valence-electron chi connectivity index (χ4n) is 2.41. The third-order valence-electron chi connectivity index (χ3n) is 3.53. The maximum Gasteiger partial charge on any atom is 0.320 e. The van der Waals surface area contributed by atoms with Crippen molar-refractivity contribution in [3.8, 4) is 17.9 Å². The van der Waals surface area contributed by atoms with Gasteiger partial charge in [0.2, 0.25) is 5.88 Å². The van der Waals surface area contributed by atoms with Crippen molar-refractivity contribution in [1.82, 2.24) is 24.5 Å². The van der Waals surface area contributed by atoms with Crippen LogP contribution in [0.3, 0.4) is 0 Å². The van der Waals surface area contributed by atoms with Crippen LogP contribution >= 0.6 is 0 Å². The van der Waals surface area contributed by atoms with Gasteiger partial charge in [0.25, 0.3) is 6.01 Å². The second-order valence-corrected chi connectivity index (χ2v) is 5.32. The fraction of sp³-hybridized carbons (Fsp3) is 0.375. The molecule has 0 aromatic carbocycles. The number of aromatic nitrogens is 5. The molecule has 0 aliphatic heterocycles. The number of imidazole rings is 1. The summed E-state index contributed by atoms with van der Waals surface area (Å²) >= 11 is 0. The third-order valence-corrected chi connectivity index (χ3v) is 3.53. The van der Waals surface area contributed by atoms with Gasteiger partial charge in [0.1, 0.15) is 6.61 Å². The minimum atomic E-state index is 0.199. The molecule has 3 aromatic rings. The van der Waals surface area contributed by atoms with Crippen molar-refractivity contribution in [1.29, 1.82) is 0 Å². The number of nitrogens with zero attached hydrogens (tertiary/aromatic N) is 5. The predicted octanol–water partition coefficient (Wildman–Crippen LogP) is 0.597. The first-order valence-corrected chi connectivity index (χ1v) is 8.14. The van der Waals surface area contributed by atoms with E-state index in [2.05, 4.69) is 19.9 Å². The van der Waals surface area contributed by atoms with E-state index in [0.29, 0.717) is 49.4 Å². The van der Waals surface area contributed by atoms with Gasteiger partial charge in [0.05, 0.1) is 20.3 Å². The van der Waals surface area contributed by atoms with Crippen molar-refractivity contribution >= 4 is 17.0 Å². The van der Waals surface area contributed by atoms with Crippen molar-refractivity contribution in [2.24, 2.45) is 5.73 Å². The quantitative estimate of drug-likeness (QED) is 0.592. The molecule has 0 spiro atoms. The van der Waals surface area contributed by atoms with Crippen molar-refractivity contribution in [3.63, 3.8) is 0 Å². The molecular weight excluding hydrogens is 338 g/mol. The first kappa shape index (κ1) is 17.7. The third kappa shape index (κ3) is 3.59. The highest BCUT2D eigenvalue weighted by Gasteiger charge is 2.18. The number of methoxy groups -OCH3 is 1. The van der Waals surface area contributed by atoms with Crippen molar-refractivity contribution in [3.05, 3.63) is 23.9 Å². The average molecular weight is 359 g/mol. The van der Waals surface area contributed by atoms with E-state index in [1.54, 1.807) is 16.8 Å². The van der Waals surface area contributed by atoms with E-state index in [1.807, 2.05) is 13.0 Å². The van der Waals surface area contributed by atoms with E-state index in [4.69, 9.17) is 25.7 Å². The number of hydrogen-bond donors (Lipinski definition) is 2. The molecule has 0 saturated heterocycles. The molecule has 10 heteroatoms. The predicted molar refractivity (Wildman–Crippen MR) is 95.3 cm³/mol. The highest BCUT2D eigenvalue weighted by atomic mass is 16.5. The Kier molecular flexibility index (Phi) is 5.32. The number of nitrogens with two attached hydrogens (primary N) is 2. The number of fused-ring (bicyclic) bond motifs is 1. The maximum absolute atomic E-state index is 5.98. The fourth-order valence-corrected chi connectivity index (χ4v) is 2.41. The van der Waals surface area contributed by atoms with Gasteiger partial charge >= 0.3 is 6.01 Å². The van der Waals surface area contributed by atoms with E-state index >= 15 is 0 Å². The monoisotopic (exact) mass is 359 g/mol. The van der Waals surface area contributed by atoms with Gasteiger partial charge in [-0.05, 0) is 12.5 Å². The van der Waals surface area contributed by atoms with E-state index in [1.165, 1.54) is 7.11 Å². The van der Waals surface area contributed by atoms with Crippen LogP contribution in [-0.4, -0.2) is 51.4 Å². The van der Waals surface area contributed by atoms with Gasteiger partial charge in [-0.2, -0.15) is 15.0 Å². The summed E-state index contributed by atoms with van der Waals surface area (Å²) in [6.07, 6.45) is 1.71. The average Bonchev–Trinajstić information content (AvgIpc) is 3.00. The van der Waals surface area contributed by atoms with Crippen LogP contribution in [0.2, 0.25) is 0 Å². The summed E-state index contributed by atoms with van der Waals surface area (Å²) in [5, 5.41) is 0. The molecule has 3 aromatic heterocycles. The second-order valence-electron chi connectivity index (χ2n) is 5.32. The van der Waals surface area contributed by atoms with Crippen LogP contribution < -0.4 is 25.7 Å². The van der Waals surface area contributed by atoms with Gasteiger partial charge in [-0.1, -0.05) is 6.07 Å². The van der Waals surface area contributed by atoms with Crippen LogP contribution in [0.1, 0.15) is 12.5 Å². The highest BCUT2D eigenvalue weighted by Crippen LogP contribution is 2.26. The van der Waals surface area contributed by atoms with Gasteiger partial charge in [0.15, 0.2) is 17.0 Å². The number of hydrogen-bond acceptors (Lipinski definition) is 9. The molecule has 0 amide bonds. The molecule has 0 fully saturated rings. The zero-order chi connectivity index (χ0) is 18.5. The number of rotatable bonds is 8. The summed E-state index contributed by atoms with van der Waals surface area (Å²) in [4.78, 5) is 17.1. The molecule has 138 valence electrons. The smallest absolute Gasteiger partial charge is 0.320 e. The van der Waals surface area contributed by atoms with E-state index in [9.17, 15) is 0 Å². The molecule has 26 heavy (non-hydrogen) atoms. The van der Waals surface area contributed by atoms with E-state index in [-0.39, 0.29) is 11.8 Å². The molecule has 0 aliphatic rings. The van der Waals surface area contributed by atoms with E-state index < -0.39 is 0 Å². The maximum atomic E-state index is 5.98. The largest absolute Gasteiger partial charge is 0.476 e. The zero-order valence-electron chi connectivity index (χ0n) is 14.7. The molecule has 0 bridgehead atoms. The number of ether oxygens (including phenoxy) is 3. The van der Waals surface area contributed by atoms with Crippen LogP contribution in [0.25, 0.3) is 11.2 Å². The van der Waals surface area contributed by atoms with Crippen LogP contribution in [0.5, 0.6) is 17.9 Å². The lowest BCUT2D eigenvalue weighted by molar-refractivity contribution is 0.314. The second kappa shape index (κ2) is 7.83. The number of anilines is 1. The molecule has 10 nitrogen and oxygen atoms in total. The summed E-state index contributed by atoms with van der Waals surface area (Å²) in [6.45, 7) is 3.57. The Labute approximate surface area is 150 Å². The minimum absolute atomic E-state index is 0.199. The summed E-state index contributed by atoms with van der Waals surface area (Å²) in [6, 6.07) is 4.26. The van der Waals surface area contributed by atoms with Crippen molar-refractivity contribution in [2.45, 2.75) is 13.5 Å². The normalized spacial score (nSPS) is 10.9. The Morgan fingerprint density at radius 1 is 1.15 bits per heavy atom. The van der Waals surface area contributed by atoms with Gasteiger partial charge in [0, 0.05) is 18.8 Å². The summed E-state index contributed by atoms with van der Waals surface area (Å²) < 4.78 is 17.9. The molecule has 3 heterocycles. The lowest BCUT2D eigenvalue weighted by Gasteiger charge is -2.09. The van der Waals surface area contributed by atoms with Crippen LogP contribution in [0, 0.1) is 0 Å². The highest BCUT2D eigenvalue weighted by molar-refractivity contribution is 5.83. The standard InChI is InChI=1S/C16H21N7O3/c1-3-25-15-21-13(18)12-14(22-15)23(16(20-12)24-2)9-10-4-5-11(19-8-10)26-7-6-17/h4-5,8H,3,6-7,9,17H2,1-2H3,(H2,18,21,22). The topological polar surface area (TPSA) is 136 Å².